The van der Waals surface area contributed by atoms with Crippen LogP contribution in [-0.2, 0) is 14.3 Å². The average Bonchev–Trinajstić information content (AvgIpc) is 2.27. The molecule has 0 aliphatic carbocycles. The van der Waals surface area contributed by atoms with E-state index < -0.39 is 17.9 Å². The predicted octanol–water partition coefficient (Wildman–Crippen LogP) is 1.23. The molecule has 0 amide bonds. The zero-order valence-electron chi connectivity index (χ0n) is 8.38. The van der Waals surface area contributed by atoms with Crippen molar-refractivity contribution in [2.75, 3.05) is 0 Å². The van der Waals surface area contributed by atoms with Crippen LogP contribution < -0.4 is 0 Å². The number of carbonyl (C=O) groups is 3. The molecule has 0 atom stereocenters. The summed E-state index contributed by atoms with van der Waals surface area (Å²) < 4.78 is 4.45. The highest BCUT2D eigenvalue weighted by atomic mass is 16.6. The van der Waals surface area contributed by atoms with Gasteiger partial charge in [-0.3, -0.25) is 9.59 Å². The summed E-state index contributed by atoms with van der Waals surface area (Å²) in [4.78, 5) is 32.5. The van der Waals surface area contributed by atoms with Crippen LogP contribution in [0.5, 0.6) is 0 Å². The van der Waals surface area contributed by atoms with Gasteiger partial charge < -0.3 is 9.84 Å². The quantitative estimate of drug-likeness (QED) is 0.612. The van der Waals surface area contributed by atoms with Gasteiger partial charge >= 0.3 is 17.9 Å². The Kier molecular flexibility index (Phi) is 4.20. The SMILES string of the molecule is O=C(O)CCC(=O)OC(=O)c1ccccc1. The van der Waals surface area contributed by atoms with Gasteiger partial charge in [-0.15, -0.1) is 0 Å². The van der Waals surface area contributed by atoms with Crippen LogP contribution in [-0.4, -0.2) is 23.0 Å². The van der Waals surface area contributed by atoms with Crippen LogP contribution in [0.25, 0.3) is 0 Å². The molecule has 0 heterocycles. The smallest absolute Gasteiger partial charge is 0.345 e. The molecular formula is C11H10O5. The summed E-state index contributed by atoms with van der Waals surface area (Å²) in [7, 11) is 0. The van der Waals surface area contributed by atoms with Crippen molar-refractivity contribution in [1.82, 2.24) is 0 Å². The van der Waals surface area contributed by atoms with Crippen molar-refractivity contribution in [2.24, 2.45) is 0 Å². The number of hydrogen-bond acceptors (Lipinski definition) is 4. The van der Waals surface area contributed by atoms with Crippen LogP contribution in [0.2, 0.25) is 0 Å². The van der Waals surface area contributed by atoms with Crippen LogP contribution in [0.4, 0.5) is 0 Å². The molecule has 5 heteroatoms. The highest BCUT2D eigenvalue weighted by Gasteiger charge is 2.13. The van der Waals surface area contributed by atoms with Crippen LogP contribution in [0.1, 0.15) is 23.2 Å². The zero-order chi connectivity index (χ0) is 12.0. The normalized spacial score (nSPS) is 9.50. The summed E-state index contributed by atoms with van der Waals surface area (Å²) in [5, 5.41) is 8.32. The number of carboxylic acids is 1. The van der Waals surface area contributed by atoms with Crippen molar-refractivity contribution in [1.29, 1.82) is 0 Å². The summed E-state index contributed by atoms with van der Waals surface area (Å²) in [6.07, 6.45) is -0.658. The zero-order valence-corrected chi connectivity index (χ0v) is 8.38. The number of hydrogen-bond donors (Lipinski definition) is 1. The Hall–Kier alpha value is -2.17. The number of aliphatic carboxylic acids is 1. The van der Waals surface area contributed by atoms with Gasteiger partial charge in [-0.05, 0) is 12.1 Å². The monoisotopic (exact) mass is 222 g/mol. The largest absolute Gasteiger partial charge is 0.481 e. The van der Waals surface area contributed by atoms with Crippen LogP contribution >= 0.6 is 0 Å². The van der Waals surface area contributed by atoms with Gasteiger partial charge in [0.2, 0.25) is 0 Å². The Morgan fingerprint density at radius 1 is 1.06 bits per heavy atom. The van der Waals surface area contributed by atoms with Gasteiger partial charge in [0, 0.05) is 0 Å². The van der Waals surface area contributed by atoms with E-state index in [4.69, 9.17) is 5.11 Å². The maximum absolute atomic E-state index is 11.3. The van der Waals surface area contributed by atoms with E-state index in [1.807, 2.05) is 0 Å². The van der Waals surface area contributed by atoms with Crippen molar-refractivity contribution in [3.05, 3.63) is 35.9 Å². The van der Waals surface area contributed by atoms with Gasteiger partial charge in [0.15, 0.2) is 0 Å². The van der Waals surface area contributed by atoms with Crippen molar-refractivity contribution in [3.63, 3.8) is 0 Å². The first kappa shape index (κ1) is 11.9. The number of carboxylic acid groups (broad SMARTS) is 1. The van der Waals surface area contributed by atoms with Gasteiger partial charge in [0.1, 0.15) is 0 Å². The Bertz CT molecular complexity index is 396. The Balaban J connectivity index is 2.46. The van der Waals surface area contributed by atoms with E-state index in [2.05, 4.69) is 4.74 Å². The molecule has 84 valence electrons. The molecule has 0 fully saturated rings. The number of ether oxygens (including phenoxy) is 1. The van der Waals surface area contributed by atoms with E-state index >= 15 is 0 Å². The third kappa shape index (κ3) is 3.91. The minimum atomic E-state index is -1.11. The number of esters is 2. The number of carbonyl (C=O) groups excluding carboxylic acids is 2. The summed E-state index contributed by atoms with van der Waals surface area (Å²) in [5.41, 5.74) is 0.256. The second-order valence-electron chi connectivity index (χ2n) is 3.02. The third-order valence-corrected chi connectivity index (χ3v) is 1.76. The van der Waals surface area contributed by atoms with E-state index in [0.29, 0.717) is 0 Å². The van der Waals surface area contributed by atoms with Crippen LogP contribution in [0.15, 0.2) is 30.3 Å². The van der Waals surface area contributed by atoms with Gasteiger partial charge in [-0.2, -0.15) is 0 Å². The fourth-order valence-corrected chi connectivity index (χ4v) is 0.997. The van der Waals surface area contributed by atoms with Gasteiger partial charge in [-0.1, -0.05) is 18.2 Å². The van der Waals surface area contributed by atoms with E-state index in [1.165, 1.54) is 12.1 Å². The Morgan fingerprint density at radius 3 is 2.25 bits per heavy atom. The standard InChI is InChI=1S/C11H10O5/c12-9(13)6-7-10(14)16-11(15)8-4-2-1-3-5-8/h1-5H,6-7H2,(H,12,13). The summed E-state index contributed by atoms with van der Waals surface area (Å²) in [5.74, 6) is -2.71. The average molecular weight is 222 g/mol. The predicted molar refractivity (Wildman–Crippen MR) is 53.7 cm³/mol. The molecule has 0 unspecified atom stereocenters. The highest BCUT2D eigenvalue weighted by molar-refractivity contribution is 5.97. The molecule has 0 aliphatic rings. The molecule has 0 saturated heterocycles. The molecule has 1 aromatic carbocycles. The molecule has 1 rings (SSSR count). The summed E-state index contributed by atoms with van der Waals surface area (Å²) >= 11 is 0. The van der Waals surface area contributed by atoms with E-state index in [0.717, 1.165) is 0 Å². The fourth-order valence-electron chi connectivity index (χ4n) is 0.997. The summed E-state index contributed by atoms with van der Waals surface area (Å²) in [6.45, 7) is 0. The second-order valence-corrected chi connectivity index (χ2v) is 3.02. The van der Waals surface area contributed by atoms with Gasteiger partial charge in [0.25, 0.3) is 0 Å². The number of benzene rings is 1. The molecule has 0 bridgehead atoms. The fraction of sp³-hybridized carbons (Fsp3) is 0.182. The lowest BCUT2D eigenvalue weighted by atomic mass is 10.2. The van der Waals surface area contributed by atoms with E-state index in [-0.39, 0.29) is 18.4 Å². The highest BCUT2D eigenvalue weighted by Crippen LogP contribution is 2.03. The first-order valence-electron chi connectivity index (χ1n) is 4.61. The Morgan fingerprint density at radius 2 is 1.69 bits per heavy atom. The first-order chi connectivity index (χ1) is 7.59. The van der Waals surface area contributed by atoms with Crippen molar-refractivity contribution in [2.45, 2.75) is 12.8 Å². The molecular weight excluding hydrogens is 212 g/mol. The Labute approximate surface area is 91.6 Å². The molecule has 0 aliphatic heterocycles. The van der Waals surface area contributed by atoms with Crippen molar-refractivity contribution >= 4 is 17.9 Å². The lowest BCUT2D eigenvalue weighted by Gasteiger charge is -2.01. The molecule has 0 aromatic heterocycles. The third-order valence-electron chi connectivity index (χ3n) is 1.76. The molecule has 0 spiro atoms. The van der Waals surface area contributed by atoms with Crippen LogP contribution in [0, 0.1) is 0 Å². The minimum absolute atomic E-state index is 0.256. The topological polar surface area (TPSA) is 80.7 Å². The van der Waals surface area contributed by atoms with Gasteiger partial charge in [0.05, 0.1) is 18.4 Å². The van der Waals surface area contributed by atoms with Gasteiger partial charge in [-0.25, -0.2) is 4.79 Å². The maximum atomic E-state index is 11.3. The maximum Gasteiger partial charge on any atom is 0.345 e. The molecule has 0 radical (unpaired) electrons. The van der Waals surface area contributed by atoms with Crippen molar-refractivity contribution < 1.29 is 24.2 Å². The first-order valence-corrected chi connectivity index (χ1v) is 4.61. The van der Waals surface area contributed by atoms with Crippen molar-refractivity contribution in [3.8, 4) is 0 Å². The van der Waals surface area contributed by atoms with E-state index in [9.17, 15) is 14.4 Å². The molecule has 1 aromatic rings. The second kappa shape index (κ2) is 5.65. The lowest BCUT2D eigenvalue weighted by molar-refractivity contribution is -0.144. The molecule has 0 saturated carbocycles. The molecule has 1 N–H and O–H groups in total. The van der Waals surface area contributed by atoms with Crippen LogP contribution in [0.3, 0.4) is 0 Å². The van der Waals surface area contributed by atoms with E-state index in [1.54, 1.807) is 18.2 Å². The lowest BCUT2D eigenvalue weighted by Crippen LogP contribution is -2.13. The molecule has 5 nitrogen and oxygen atoms in total. The minimum Gasteiger partial charge on any atom is -0.481 e. The molecule has 16 heavy (non-hydrogen) atoms. The number of rotatable bonds is 4. The summed E-state index contributed by atoms with van der Waals surface area (Å²) in [6, 6.07) is 8.01.